The van der Waals surface area contributed by atoms with Gasteiger partial charge >= 0.3 is 5.69 Å². The van der Waals surface area contributed by atoms with Gasteiger partial charge in [0.2, 0.25) is 5.78 Å². The molecule has 0 saturated heterocycles. The third-order valence-corrected chi connectivity index (χ3v) is 5.30. The average molecular weight is 415 g/mol. The quantitative estimate of drug-likeness (QED) is 0.500. The topological polar surface area (TPSA) is 61.3 Å². The fraction of sp³-hybridized carbons (Fsp3) is 0.286. The summed E-state index contributed by atoms with van der Waals surface area (Å²) in [6.07, 6.45) is 0.777. The monoisotopic (exact) mass is 414 g/mol. The van der Waals surface area contributed by atoms with Gasteiger partial charge < -0.3 is 0 Å². The van der Waals surface area contributed by atoms with Crippen LogP contribution in [0, 0.1) is 11.7 Å². The SMILES string of the molecule is CC(C)CCn1c(=O)c2ccccc2n2c(=O)n(Cc3ccc(F)cc3Cl)nc12. The van der Waals surface area contributed by atoms with E-state index in [1.807, 2.05) is 0 Å². The van der Waals surface area contributed by atoms with E-state index < -0.39 is 5.82 Å². The molecule has 0 bridgehead atoms. The van der Waals surface area contributed by atoms with Gasteiger partial charge in [-0.2, -0.15) is 0 Å². The summed E-state index contributed by atoms with van der Waals surface area (Å²) >= 11 is 6.12. The molecular formula is C21H20ClFN4O2. The van der Waals surface area contributed by atoms with Gasteiger partial charge in [-0.25, -0.2) is 18.3 Å². The number of hydrogen-bond acceptors (Lipinski definition) is 3. The van der Waals surface area contributed by atoms with E-state index in [1.54, 1.807) is 28.8 Å². The Balaban J connectivity index is 1.95. The van der Waals surface area contributed by atoms with Crippen molar-refractivity contribution in [3.8, 4) is 0 Å². The van der Waals surface area contributed by atoms with Gasteiger partial charge in [-0.3, -0.25) is 9.36 Å². The number of fused-ring (bicyclic) bond motifs is 3. The van der Waals surface area contributed by atoms with Crippen LogP contribution >= 0.6 is 11.6 Å². The number of para-hydroxylation sites is 1. The smallest absolute Gasteiger partial charge is 0.276 e. The highest BCUT2D eigenvalue weighted by Crippen LogP contribution is 2.18. The zero-order chi connectivity index (χ0) is 20.7. The Morgan fingerprint density at radius 1 is 1.14 bits per heavy atom. The van der Waals surface area contributed by atoms with Crippen LogP contribution in [0.1, 0.15) is 25.8 Å². The maximum atomic E-state index is 13.3. The fourth-order valence-electron chi connectivity index (χ4n) is 3.37. The van der Waals surface area contributed by atoms with Gasteiger partial charge in [0.15, 0.2) is 0 Å². The minimum atomic E-state index is -0.449. The van der Waals surface area contributed by atoms with Crippen molar-refractivity contribution in [1.82, 2.24) is 18.7 Å². The van der Waals surface area contributed by atoms with Crippen LogP contribution in [-0.4, -0.2) is 18.7 Å². The Morgan fingerprint density at radius 2 is 1.90 bits per heavy atom. The van der Waals surface area contributed by atoms with Crippen LogP contribution in [0.5, 0.6) is 0 Å². The third kappa shape index (κ3) is 3.46. The van der Waals surface area contributed by atoms with E-state index >= 15 is 0 Å². The number of nitrogens with zero attached hydrogens (tertiary/aromatic N) is 4. The van der Waals surface area contributed by atoms with Crippen LogP contribution in [-0.2, 0) is 13.1 Å². The molecule has 0 unspecified atom stereocenters. The van der Waals surface area contributed by atoms with Crippen molar-refractivity contribution < 1.29 is 4.39 Å². The Bertz CT molecular complexity index is 1340. The van der Waals surface area contributed by atoms with Gasteiger partial charge in [0.1, 0.15) is 5.82 Å². The van der Waals surface area contributed by atoms with Gasteiger partial charge in [0.25, 0.3) is 5.56 Å². The molecule has 0 spiro atoms. The summed E-state index contributed by atoms with van der Waals surface area (Å²) in [5, 5.41) is 5.12. The van der Waals surface area contributed by atoms with E-state index in [0.717, 1.165) is 6.42 Å². The molecule has 0 fully saturated rings. The maximum absolute atomic E-state index is 13.3. The predicted octanol–water partition coefficient (Wildman–Crippen LogP) is 3.70. The van der Waals surface area contributed by atoms with Crippen molar-refractivity contribution >= 4 is 28.3 Å². The Morgan fingerprint density at radius 3 is 2.62 bits per heavy atom. The molecule has 0 amide bonds. The van der Waals surface area contributed by atoms with Gasteiger partial charge in [-0.1, -0.05) is 43.6 Å². The Labute approximate surface area is 170 Å². The number of rotatable bonds is 5. The van der Waals surface area contributed by atoms with Crippen molar-refractivity contribution in [2.75, 3.05) is 0 Å². The van der Waals surface area contributed by atoms with Crippen molar-refractivity contribution in [1.29, 1.82) is 0 Å². The first-order valence-electron chi connectivity index (χ1n) is 9.42. The molecule has 0 saturated carbocycles. The lowest BCUT2D eigenvalue weighted by Gasteiger charge is -2.10. The lowest BCUT2D eigenvalue weighted by Crippen LogP contribution is -2.27. The third-order valence-electron chi connectivity index (χ3n) is 4.95. The molecule has 0 aliphatic rings. The van der Waals surface area contributed by atoms with Crippen molar-refractivity contribution in [2.45, 2.75) is 33.4 Å². The van der Waals surface area contributed by atoms with Gasteiger partial charge in [0.05, 0.1) is 17.4 Å². The molecule has 8 heteroatoms. The minimum absolute atomic E-state index is 0.0757. The van der Waals surface area contributed by atoms with Crippen LogP contribution in [0.4, 0.5) is 4.39 Å². The summed E-state index contributed by atoms with van der Waals surface area (Å²) in [5.41, 5.74) is 0.523. The van der Waals surface area contributed by atoms with Crippen molar-refractivity contribution in [2.24, 2.45) is 5.92 Å². The van der Waals surface area contributed by atoms with Crippen molar-refractivity contribution in [3.05, 3.63) is 79.7 Å². The summed E-state index contributed by atoms with van der Waals surface area (Å²) in [7, 11) is 0. The van der Waals surface area contributed by atoms with Crippen LogP contribution in [0.2, 0.25) is 5.02 Å². The van der Waals surface area contributed by atoms with Crippen LogP contribution in [0.15, 0.2) is 52.1 Å². The van der Waals surface area contributed by atoms with Crippen LogP contribution in [0.3, 0.4) is 0 Å². The molecule has 2 aromatic heterocycles. The number of benzene rings is 2. The van der Waals surface area contributed by atoms with E-state index in [2.05, 4.69) is 18.9 Å². The summed E-state index contributed by atoms with van der Waals surface area (Å²) < 4.78 is 17.6. The molecule has 0 radical (unpaired) electrons. The highest BCUT2D eigenvalue weighted by atomic mass is 35.5. The van der Waals surface area contributed by atoms with E-state index in [9.17, 15) is 14.0 Å². The Hall–Kier alpha value is -2.93. The number of aryl methyl sites for hydroxylation is 1. The summed E-state index contributed by atoms with van der Waals surface area (Å²) in [5.74, 6) is 0.229. The van der Waals surface area contributed by atoms with Gasteiger partial charge in [0, 0.05) is 11.6 Å². The zero-order valence-corrected chi connectivity index (χ0v) is 16.9. The highest BCUT2D eigenvalue weighted by Gasteiger charge is 2.18. The number of hydrogen-bond donors (Lipinski definition) is 0. The second-order valence-electron chi connectivity index (χ2n) is 7.47. The lowest BCUT2D eigenvalue weighted by atomic mass is 10.1. The molecule has 0 aliphatic heterocycles. The fourth-order valence-corrected chi connectivity index (χ4v) is 3.60. The summed E-state index contributed by atoms with van der Waals surface area (Å²) in [4.78, 5) is 26.2. The predicted molar refractivity (Wildman–Crippen MR) is 111 cm³/mol. The molecule has 0 N–H and O–H groups in total. The molecule has 2 aromatic carbocycles. The summed E-state index contributed by atoms with van der Waals surface area (Å²) in [6, 6.07) is 11.0. The molecule has 4 aromatic rings. The van der Waals surface area contributed by atoms with Crippen molar-refractivity contribution in [3.63, 3.8) is 0 Å². The summed E-state index contributed by atoms with van der Waals surface area (Å²) in [6.45, 7) is 4.68. The molecule has 2 heterocycles. The molecule has 0 aliphatic carbocycles. The largest absolute Gasteiger partial charge is 0.352 e. The first kappa shape index (κ1) is 19.4. The molecular weight excluding hydrogens is 395 g/mol. The van der Waals surface area contributed by atoms with E-state index in [4.69, 9.17) is 11.6 Å². The van der Waals surface area contributed by atoms with E-state index in [0.29, 0.717) is 28.9 Å². The molecule has 4 rings (SSSR count). The second kappa shape index (κ2) is 7.48. The first-order chi connectivity index (χ1) is 13.9. The first-order valence-corrected chi connectivity index (χ1v) is 9.79. The normalized spacial score (nSPS) is 11.8. The molecule has 29 heavy (non-hydrogen) atoms. The van der Waals surface area contributed by atoms with Crippen LogP contribution < -0.4 is 11.2 Å². The lowest BCUT2D eigenvalue weighted by molar-refractivity contribution is 0.511. The zero-order valence-electron chi connectivity index (χ0n) is 16.1. The Kier molecular flexibility index (Phi) is 5.00. The van der Waals surface area contributed by atoms with Gasteiger partial charge in [-0.15, -0.1) is 5.10 Å². The minimum Gasteiger partial charge on any atom is -0.276 e. The average Bonchev–Trinajstić information content (AvgIpc) is 3.00. The van der Waals surface area contributed by atoms with Crippen LogP contribution in [0.25, 0.3) is 16.7 Å². The maximum Gasteiger partial charge on any atom is 0.352 e. The highest BCUT2D eigenvalue weighted by molar-refractivity contribution is 6.31. The van der Waals surface area contributed by atoms with Gasteiger partial charge in [-0.05, 0) is 42.2 Å². The number of aromatic nitrogens is 4. The number of halogens is 2. The van der Waals surface area contributed by atoms with E-state index in [-0.39, 0.29) is 28.6 Å². The molecule has 6 nitrogen and oxygen atoms in total. The molecule has 150 valence electrons. The standard InChI is InChI=1S/C21H20ClFN4O2/c1-13(2)9-10-25-19(28)16-5-3-4-6-18(16)27-20(25)24-26(21(27)29)12-14-7-8-15(23)11-17(14)22/h3-8,11,13H,9-10,12H2,1-2H3. The van der Waals surface area contributed by atoms with E-state index in [1.165, 1.54) is 27.3 Å². The second-order valence-corrected chi connectivity index (χ2v) is 7.88. The molecule has 0 atom stereocenters.